The lowest BCUT2D eigenvalue weighted by Gasteiger charge is -2.16. The zero-order valence-corrected chi connectivity index (χ0v) is 12.5. The van der Waals surface area contributed by atoms with E-state index < -0.39 is 0 Å². The minimum absolute atomic E-state index is 0.329. The smallest absolute Gasteiger partial charge is 0.0518 e. The van der Waals surface area contributed by atoms with Gasteiger partial charge in [-0.1, -0.05) is 34.1 Å². The van der Waals surface area contributed by atoms with Crippen LogP contribution < -0.4 is 5.32 Å². The molecule has 0 aliphatic rings. The summed E-state index contributed by atoms with van der Waals surface area (Å²) >= 11 is 3.57. The highest BCUT2D eigenvalue weighted by Crippen LogP contribution is 2.22. The molecule has 0 heterocycles. The van der Waals surface area contributed by atoms with Crippen molar-refractivity contribution in [2.24, 2.45) is 0 Å². The zero-order chi connectivity index (χ0) is 12.7. The molecule has 0 fully saturated rings. The summed E-state index contributed by atoms with van der Waals surface area (Å²) in [7, 11) is 0. The molecule has 17 heavy (non-hydrogen) atoms. The van der Waals surface area contributed by atoms with E-state index in [4.69, 9.17) is 4.74 Å². The van der Waals surface area contributed by atoms with E-state index in [2.05, 4.69) is 60.2 Å². The second kappa shape index (κ2) is 7.85. The Bertz CT molecular complexity index is 328. The average Bonchev–Trinajstić information content (AvgIpc) is 2.28. The van der Waals surface area contributed by atoms with E-state index in [1.54, 1.807) is 0 Å². The third-order valence-corrected chi connectivity index (χ3v) is 3.32. The predicted molar refractivity (Wildman–Crippen MR) is 76.3 cm³/mol. The molecule has 96 valence electrons. The molecule has 0 spiro atoms. The molecule has 3 heteroatoms. The second-order valence-corrected chi connectivity index (χ2v) is 5.32. The van der Waals surface area contributed by atoms with Gasteiger partial charge in [0.1, 0.15) is 0 Å². The summed E-state index contributed by atoms with van der Waals surface area (Å²) in [6, 6.07) is 8.70. The highest BCUT2D eigenvalue weighted by molar-refractivity contribution is 9.10. The van der Waals surface area contributed by atoms with E-state index in [-0.39, 0.29) is 0 Å². The Morgan fingerprint density at radius 1 is 1.24 bits per heavy atom. The van der Waals surface area contributed by atoms with Gasteiger partial charge in [0.15, 0.2) is 0 Å². The van der Waals surface area contributed by atoms with Gasteiger partial charge in [-0.05, 0) is 45.4 Å². The largest absolute Gasteiger partial charge is 0.379 e. The van der Waals surface area contributed by atoms with Crippen LogP contribution >= 0.6 is 15.9 Å². The van der Waals surface area contributed by atoms with Crippen LogP contribution in [0.2, 0.25) is 0 Å². The monoisotopic (exact) mass is 299 g/mol. The van der Waals surface area contributed by atoms with Gasteiger partial charge in [-0.2, -0.15) is 0 Å². The number of halogens is 1. The molecule has 0 radical (unpaired) electrons. The Labute approximate surface area is 113 Å². The molecule has 1 unspecified atom stereocenters. The molecule has 0 aromatic heterocycles. The Balaban J connectivity index is 2.26. The highest BCUT2D eigenvalue weighted by atomic mass is 79.9. The van der Waals surface area contributed by atoms with E-state index in [0.29, 0.717) is 12.1 Å². The first-order chi connectivity index (χ1) is 8.11. The maximum Gasteiger partial charge on any atom is 0.0518 e. The average molecular weight is 300 g/mol. The van der Waals surface area contributed by atoms with Crippen LogP contribution in [0, 0.1) is 0 Å². The van der Waals surface area contributed by atoms with Crippen molar-refractivity contribution in [2.45, 2.75) is 39.3 Å². The van der Waals surface area contributed by atoms with Gasteiger partial charge in [0.25, 0.3) is 0 Å². The van der Waals surface area contributed by atoms with Crippen molar-refractivity contribution < 1.29 is 4.74 Å². The summed E-state index contributed by atoms with van der Waals surface area (Å²) in [5.41, 5.74) is 1.30. The van der Waals surface area contributed by atoms with Crippen molar-refractivity contribution in [2.75, 3.05) is 13.2 Å². The molecule has 1 rings (SSSR count). The van der Waals surface area contributed by atoms with Crippen LogP contribution in [0.15, 0.2) is 28.7 Å². The van der Waals surface area contributed by atoms with Gasteiger partial charge < -0.3 is 10.1 Å². The van der Waals surface area contributed by atoms with E-state index in [9.17, 15) is 0 Å². The normalized spacial score (nSPS) is 13.0. The van der Waals surface area contributed by atoms with E-state index in [0.717, 1.165) is 19.6 Å². The van der Waals surface area contributed by atoms with E-state index in [1.807, 2.05) is 6.07 Å². The van der Waals surface area contributed by atoms with Gasteiger partial charge in [-0.3, -0.25) is 0 Å². The summed E-state index contributed by atoms with van der Waals surface area (Å²) in [6.07, 6.45) is 1.38. The first-order valence-corrected chi connectivity index (χ1v) is 7.00. The summed E-state index contributed by atoms with van der Waals surface area (Å²) in [6.45, 7) is 8.13. The van der Waals surface area contributed by atoms with Gasteiger partial charge >= 0.3 is 0 Å². The van der Waals surface area contributed by atoms with Crippen molar-refractivity contribution >= 4 is 15.9 Å². The maximum absolute atomic E-state index is 5.50. The third kappa shape index (κ3) is 5.66. The van der Waals surface area contributed by atoms with E-state index in [1.165, 1.54) is 10.0 Å². The van der Waals surface area contributed by atoms with Gasteiger partial charge in [-0.15, -0.1) is 0 Å². The van der Waals surface area contributed by atoms with Crippen LogP contribution in [0.5, 0.6) is 0 Å². The molecule has 1 N–H and O–H groups in total. The summed E-state index contributed by atoms with van der Waals surface area (Å²) in [5.74, 6) is 0. The van der Waals surface area contributed by atoms with Crippen molar-refractivity contribution in [1.82, 2.24) is 5.32 Å². The van der Waals surface area contributed by atoms with Crippen LogP contribution in [0.3, 0.4) is 0 Å². The van der Waals surface area contributed by atoms with Gasteiger partial charge in [0, 0.05) is 17.1 Å². The standard InChI is InChI=1S/C14H22BrNO/c1-11(2)17-10-6-9-16-12(3)13-7-4-5-8-14(13)15/h4-5,7-8,11-12,16H,6,9-10H2,1-3H3. The lowest BCUT2D eigenvalue weighted by Crippen LogP contribution is -2.21. The molecular weight excluding hydrogens is 278 g/mol. The lowest BCUT2D eigenvalue weighted by molar-refractivity contribution is 0.0768. The molecule has 0 bridgehead atoms. The van der Waals surface area contributed by atoms with Crippen molar-refractivity contribution in [3.63, 3.8) is 0 Å². The van der Waals surface area contributed by atoms with Gasteiger partial charge in [-0.25, -0.2) is 0 Å². The molecule has 0 saturated carbocycles. The minimum Gasteiger partial charge on any atom is -0.379 e. The molecule has 1 atom stereocenters. The number of rotatable bonds is 7. The Kier molecular flexibility index (Phi) is 6.78. The second-order valence-electron chi connectivity index (χ2n) is 4.47. The molecule has 1 aromatic rings. The molecule has 2 nitrogen and oxygen atoms in total. The van der Waals surface area contributed by atoms with Gasteiger partial charge in [0.2, 0.25) is 0 Å². The highest BCUT2D eigenvalue weighted by Gasteiger charge is 2.07. The Morgan fingerprint density at radius 2 is 1.94 bits per heavy atom. The quantitative estimate of drug-likeness (QED) is 0.771. The third-order valence-electron chi connectivity index (χ3n) is 2.59. The topological polar surface area (TPSA) is 21.3 Å². The molecule has 0 amide bonds. The fraction of sp³-hybridized carbons (Fsp3) is 0.571. The Hall–Kier alpha value is -0.380. The van der Waals surface area contributed by atoms with Crippen LogP contribution in [-0.2, 0) is 4.74 Å². The van der Waals surface area contributed by atoms with Gasteiger partial charge in [0.05, 0.1) is 6.10 Å². The fourth-order valence-electron chi connectivity index (χ4n) is 1.65. The number of benzene rings is 1. The van der Waals surface area contributed by atoms with Crippen LogP contribution in [0.25, 0.3) is 0 Å². The van der Waals surface area contributed by atoms with Crippen LogP contribution in [-0.4, -0.2) is 19.3 Å². The first kappa shape index (κ1) is 14.7. The minimum atomic E-state index is 0.329. The fourth-order valence-corrected chi connectivity index (χ4v) is 2.27. The Morgan fingerprint density at radius 3 is 2.59 bits per heavy atom. The number of ether oxygens (including phenoxy) is 1. The first-order valence-electron chi connectivity index (χ1n) is 6.20. The maximum atomic E-state index is 5.50. The summed E-state index contributed by atoms with van der Waals surface area (Å²) < 4.78 is 6.67. The SMILES string of the molecule is CC(C)OCCCNC(C)c1ccccc1Br. The number of nitrogens with one attached hydrogen (secondary N) is 1. The lowest BCUT2D eigenvalue weighted by atomic mass is 10.1. The number of hydrogen-bond acceptors (Lipinski definition) is 2. The van der Waals surface area contributed by atoms with Crippen molar-refractivity contribution in [3.8, 4) is 0 Å². The predicted octanol–water partition coefficient (Wildman–Crippen LogP) is 3.91. The van der Waals surface area contributed by atoms with E-state index >= 15 is 0 Å². The van der Waals surface area contributed by atoms with Crippen LogP contribution in [0.1, 0.15) is 38.8 Å². The van der Waals surface area contributed by atoms with Crippen molar-refractivity contribution in [3.05, 3.63) is 34.3 Å². The van der Waals surface area contributed by atoms with Crippen molar-refractivity contribution in [1.29, 1.82) is 0 Å². The molecule has 1 aromatic carbocycles. The van der Waals surface area contributed by atoms with Crippen LogP contribution in [0.4, 0.5) is 0 Å². The molecule has 0 aliphatic heterocycles. The molecular formula is C14H22BrNO. The molecule has 0 aliphatic carbocycles. The number of hydrogen-bond donors (Lipinski definition) is 1. The molecule has 0 saturated heterocycles. The summed E-state index contributed by atoms with van der Waals surface area (Å²) in [4.78, 5) is 0. The summed E-state index contributed by atoms with van der Waals surface area (Å²) in [5, 5.41) is 3.50. The zero-order valence-electron chi connectivity index (χ0n) is 10.9.